The summed E-state index contributed by atoms with van der Waals surface area (Å²) in [5.74, 6) is 0.287. The minimum Gasteiger partial charge on any atom is -0.465 e. The summed E-state index contributed by atoms with van der Waals surface area (Å²) in [6, 6.07) is 0. The molecule has 1 N–H and O–H groups in total. The molecule has 0 bridgehead atoms. The summed E-state index contributed by atoms with van der Waals surface area (Å²) >= 11 is 0. The lowest BCUT2D eigenvalue weighted by Crippen LogP contribution is -2.27. The highest BCUT2D eigenvalue weighted by Crippen LogP contribution is 2.22. The van der Waals surface area contributed by atoms with Crippen molar-refractivity contribution in [3.63, 3.8) is 0 Å². The van der Waals surface area contributed by atoms with E-state index in [0.29, 0.717) is 13.2 Å². The molecule has 0 rings (SSSR count). The summed E-state index contributed by atoms with van der Waals surface area (Å²) in [6.45, 7) is 13.6. The second-order valence-electron chi connectivity index (χ2n) is 16.3. The number of nitrogens with zero attached hydrogens (tertiary/aromatic N) is 1. The van der Waals surface area contributed by atoms with Crippen molar-refractivity contribution in [1.29, 1.82) is 0 Å². The molecular weight excluding hydrogens is 659 g/mol. The molecule has 0 heterocycles. The molecule has 2 unspecified atom stereocenters. The maximum atomic E-state index is 13.0. The number of carbonyl (C=O) groups is 2. The molecule has 0 saturated carbocycles. The van der Waals surface area contributed by atoms with Gasteiger partial charge in [0.2, 0.25) is 0 Å². The fourth-order valence-corrected chi connectivity index (χ4v) is 7.51. The van der Waals surface area contributed by atoms with Gasteiger partial charge in [0.15, 0.2) is 0 Å². The van der Waals surface area contributed by atoms with E-state index in [9.17, 15) is 14.7 Å². The maximum absolute atomic E-state index is 13.0. The van der Waals surface area contributed by atoms with E-state index >= 15 is 0 Å². The Morgan fingerprint density at radius 2 is 0.679 bits per heavy atom. The molecule has 316 valence electrons. The van der Waals surface area contributed by atoms with Crippen molar-refractivity contribution in [3.8, 4) is 0 Å². The largest absolute Gasteiger partial charge is 0.465 e. The van der Waals surface area contributed by atoms with Gasteiger partial charge in [-0.25, -0.2) is 0 Å². The van der Waals surface area contributed by atoms with Gasteiger partial charge < -0.3 is 19.5 Å². The lowest BCUT2D eigenvalue weighted by Gasteiger charge is -2.22. The van der Waals surface area contributed by atoms with Crippen LogP contribution in [0, 0.1) is 11.8 Å². The highest BCUT2D eigenvalue weighted by atomic mass is 16.5. The first kappa shape index (κ1) is 51.9. The molecule has 0 aliphatic rings. The second kappa shape index (κ2) is 42.0. The monoisotopic (exact) mass is 752 g/mol. The van der Waals surface area contributed by atoms with Crippen LogP contribution in [0.1, 0.15) is 240 Å². The third kappa shape index (κ3) is 35.0. The van der Waals surface area contributed by atoms with Crippen LogP contribution < -0.4 is 0 Å². The van der Waals surface area contributed by atoms with Crippen LogP contribution in [-0.2, 0) is 19.1 Å². The zero-order chi connectivity index (χ0) is 38.9. The third-order valence-electron chi connectivity index (χ3n) is 11.1. The molecule has 0 amide bonds. The fourth-order valence-electron chi connectivity index (χ4n) is 7.51. The summed E-state index contributed by atoms with van der Waals surface area (Å²) < 4.78 is 11.6. The van der Waals surface area contributed by atoms with E-state index in [4.69, 9.17) is 9.47 Å². The maximum Gasteiger partial charge on any atom is 0.308 e. The van der Waals surface area contributed by atoms with Crippen molar-refractivity contribution >= 4 is 11.9 Å². The Balaban J connectivity index is 4.35. The molecule has 0 spiro atoms. The molecule has 53 heavy (non-hydrogen) atoms. The van der Waals surface area contributed by atoms with Gasteiger partial charge in [-0.15, -0.1) is 0 Å². The van der Waals surface area contributed by atoms with Gasteiger partial charge in [-0.3, -0.25) is 9.59 Å². The minimum absolute atomic E-state index is 0.0516. The molecule has 0 aromatic heterocycles. The lowest BCUT2D eigenvalue weighted by atomic mass is 9.94. The molecular formula is C47H93NO5. The predicted molar refractivity (Wildman–Crippen MR) is 227 cm³/mol. The second-order valence-corrected chi connectivity index (χ2v) is 16.3. The predicted octanol–water partition coefficient (Wildman–Crippen LogP) is 13.6. The van der Waals surface area contributed by atoms with Crippen molar-refractivity contribution in [2.24, 2.45) is 11.8 Å². The standard InChI is InChI=1S/C47H93NO5/c1-5-9-13-17-19-27-37-45(35-25-16-12-8-4)47(51)53-43-33-23-21-29-39-48(40-30-31-41-49)38-28-20-22-32-42-52-46(50)44(34-24-15-11-7-3)36-26-18-14-10-6-2/h44-45,49H,5-43H2,1-4H3. The Labute approximate surface area is 331 Å². The molecule has 0 fully saturated rings. The zero-order valence-electron chi connectivity index (χ0n) is 36.3. The van der Waals surface area contributed by atoms with Gasteiger partial charge in [0, 0.05) is 6.61 Å². The van der Waals surface area contributed by atoms with Crippen LogP contribution in [0.5, 0.6) is 0 Å². The normalized spacial score (nSPS) is 12.7. The van der Waals surface area contributed by atoms with Crippen molar-refractivity contribution in [3.05, 3.63) is 0 Å². The van der Waals surface area contributed by atoms with E-state index in [-0.39, 0.29) is 30.4 Å². The number of hydrogen-bond donors (Lipinski definition) is 1. The van der Waals surface area contributed by atoms with Crippen molar-refractivity contribution in [2.45, 2.75) is 240 Å². The van der Waals surface area contributed by atoms with Crippen molar-refractivity contribution < 1.29 is 24.2 Å². The van der Waals surface area contributed by atoms with Gasteiger partial charge in [0.05, 0.1) is 25.0 Å². The number of esters is 2. The van der Waals surface area contributed by atoms with Gasteiger partial charge in [0.1, 0.15) is 0 Å². The summed E-state index contributed by atoms with van der Waals surface area (Å²) in [7, 11) is 0. The van der Waals surface area contributed by atoms with Crippen LogP contribution in [-0.4, -0.2) is 61.4 Å². The summed E-state index contributed by atoms with van der Waals surface area (Å²) in [5.41, 5.74) is 0. The Hall–Kier alpha value is -1.14. The number of rotatable bonds is 43. The van der Waals surface area contributed by atoms with Gasteiger partial charge >= 0.3 is 11.9 Å². The average molecular weight is 752 g/mol. The topological polar surface area (TPSA) is 76.1 Å². The summed E-state index contributed by atoms with van der Waals surface area (Å²) in [6.07, 6.45) is 38.2. The van der Waals surface area contributed by atoms with Crippen LogP contribution in [0.3, 0.4) is 0 Å². The van der Waals surface area contributed by atoms with Crippen LogP contribution >= 0.6 is 0 Å². The van der Waals surface area contributed by atoms with Gasteiger partial charge in [-0.2, -0.15) is 0 Å². The number of aliphatic hydroxyl groups is 1. The van der Waals surface area contributed by atoms with Crippen molar-refractivity contribution in [2.75, 3.05) is 39.5 Å². The molecule has 0 aliphatic heterocycles. The smallest absolute Gasteiger partial charge is 0.308 e. The molecule has 2 atom stereocenters. The lowest BCUT2D eigenvalue weighted by molar-refractivity contribution is -0.150. The first-order chi connectivity index (χ1) is 26.0. The fraction of sp³-hybridized carbons (Fsp3) is 0.957. The number of ether oxygens (including phenoxy) is 2. The van der Waals surface area contributed by atoms with E-state index in [1.165, 1.54) is 109 Å². The average Bonchev–Trinajstić information content (AvgIpc) is 3.16. The van der Waals surface area contributed by atoms with E-state index in [2.05, 4.69) is 32.6 Å². The van der Waals surface area contributed by atoms with Gasteiger partial charge in [-0.1, -0.05) is 175 Å². The molecule has 6 heteroatoms. The minimum atomic E-state index is 0.0516. The van der Waals surface area contributed by atoms with E-state index in [0.717, 1.165) is 122 Å². The Morgan fingerprint density at radius 1 is 0.396 bits per heavy atom. The molecule has 6 nitrogen and oxygen atoms in total. The number of unbranched alkanes of at least 4 members (excludes halogenated alkanes) is 22. The summed E-state index contributed by atoms with van der Waals surface area (Å²) in [5, 5.41) is 9.31. The molecule has 0 aromatic carbocycles. The number of hydrogen-bond acceptors (Lipinski definition) is 6. The zero-order valence-corrected chi connectivity index (χ0v) is 36.3. The first-order valence-electron chi connectivity index (χ1n) is 23.7. The van der Waals surface area contributed by atoms with E-state index < -0.39 is 0 Å². The first-order valence-corrected chi connectivity index (χ1v) is 23.7. The highest BCUT2D eigenvalue weighted by Gasteiger charge is 2.20. The Kier molecular flexibility index (Phi) is 41.1. The third-order valence-corrected chi connectivity index (χ3v) is 11.1. The Bertz CT molecular complexity index is 761. The van der Waals surface area contributed by atoms with Crippen LogP contribution in [0.4, 0.5) is 0 Å². The SMILES string of the molecule is CCCCCCCCC(CCCCCC)C(=O)OCCCCCCN(CCCCO)CCCCCCOC(=O)C(CCCCCC)CCCCCCC. The molecule has 0 aromatic rings. The summed E-state index contributed by atoms with van der Waals surface area (Å²) in [4.78, 5) is 28.5. The molecule has 0 saturated heterocycles. The van der Waals surface area contributed by atoms with Crippen molar-refractivity contribution in [1.82, 2.24) is 4.90 Å². The van der Waals surface area contributed by atoms with Crippen LogP contribution in [0.2, 0.25) is 0 Å². The van der Waals surface area contributed by atoms with Crippen LogP contribution in [0.25, 0.3) is 0 Å². The number of carbonyl (C=O) groups excluding carboxylic acids is 2. The van der Waals surface area contributed by atoms with E-state index in [1.54, 1.807) is 0 Å². The Morgan fingerprint density at radius 3 is 1.04 bits per heavy atom. The highest BCUT2D eigenvalue weighted by molar-refractivity contribution is 5.72. The number of aliphatic hydroxyl groups excluding tert-OH is 1. The molecule has 0 aliphatic carbocycles. The van der Waals surface area contributed by atoms with E-state index in [1.807, 2.05) is 0 Å². The van der Waals surface area contributed by atoms with Gasteiger partial charge in [0.25, 0.3) is 0 Å². The molecule has 0 radical (unpaired) electrons. The van der Waals surface area contributed by atoms with Gasteiger partial charge in [-0.05, 0) is 83.8 Å². The van der Waals surface area contributed by atoms with Crippen LogP contribution in [0.15, 0.2) is 0 Å². The quantitative estimate of drug-likeness (QED) is 0.0494.